The van der Waals surface area contributed by atoms with E-state index in [9.17, 15) is 14.4 Å². The van der Waals surface area contributed by atoms with Gasteiger partial charge in [0.1, 0.15) is 13.2 Å². The molecule has 73 heavy (non-hydrogen) atoms. The first-order valence-corrected chi connectivity index (χ1v) is 31.5. The van der Waals surface area contributed by atoms with Gasteiger partial charge in [-0.25, -0.2) is 0 Å². The zero-order chi connectivity index (χ0) is 52.9. The Morgan fingerprint density at radius 3 is 0.836 bits per heavy atom. The van der Waals surface area contributed by atoms with E-state index < -0.39 is 6.10 Å². The van der Waals surface area contributed by atoms with Gasteiger partial charge in [0, 0.05) is 19.3 Å². The second kappa shape index (κ2) is 61.4. The Hall–Kier alpha value is -3.15. The molecule has 0 heterocycles. The van der Waals surface area contributed by atoms with Gasteiger partial charge >= 0.3 is 17.9 Å². The topological polar surface area (TPSA) is 78.9 Å². The molecule has 0 bridgehead atoms. The molecule has 0 aromatic rings. The zero-order valence-electron chi connectivity index (χ0n) is 48.4. The van der Waals surface area contributed by atoms with Crippen LogP contribution in [0.1, 0.15) is 316 Å². The second-order valence-corrected chi connectivity index (χ2v) is 21.0. The van der Waals surface area contributed by atoms with E-state index in [1.807, 2.05) is 0 Å². The highest BCUT2D eigenvalue weighted by atomic mass is 16.6. The van der Waals surface area contributed by atoms with E-state index in [1.54, 1.807) is 0 Å². The van der Waals surface area contributed by atoms with Crippen molar-refractivity contribution in [2.45, 2.75) is 322 Å². The molecule has 0 N–H and O–H groups in total. The third-order valence-electron chi connectivity index (χ3n) is 13.7. The summed E-state index contributed by atoms with van der Waals surface area (Å²) in [5.41, 5.74) is 0. The molecular formula is C67H118O6. The summed E-state index contributed by atoms with van der Waals surface area (Å²) in [6.07, 6.45) is 78.9. The monoisotopic (exact) mass is 1020 g/mol. The van der Waals surface area contributed by atoms with Crippen LogP contribution >= 0.6 is 0 Å². The minimum Gasteiger partial charge on any atom is -0.462 e. The van der Waals surface area contributed by atoms with Crippen molar-refractivity contribution in [3.8, 4) is 0 Å². The maximum atomic E-state index is 12.9. The average molecular weight is 1020 g/mol. The summed E-state index contributed by atoms with van der Waals surface area (Å²) < 4.78 is 16.9. The molecule has 0 aliphatic rings. The first kappa shape index (κ1) is 69.8. The lowest BCUT2D eigenvalue weighted by Crippen LogP contribution is -2.30. The van der Waals surface area contributed by atoms with Crippen molar-refractivity contribution in [1.29, 1.82) is 0 Å². The van der Waals surface area contributed by atoms with Crippen LogP contribution in [0.15, 0.2) is 72.9 Å². The van der Waals surface area contributed by atoms with Crippen LogP contribution in [0.3, 0.4) is 0 Å². The Morgan fingerprint density at radius 1 is 0.274 bits per heavy atom. The summed E-state index contributed by atoms with van der Waals surface area (Å²) in [5.74, 6) is -0.911. The van der Waals surface area contributed by atoms with Crippen LogP contribution in [0.4, 0.5) is 0 Å². The Labute approximate surface area is 453 Å². The summed E-state index contributed by atoms with van der Waals surface area (Å²) in [6, 6.07) is 0. The zero-order valence-corrected chi connectivity index (χ0v) is 48.4. The van der Waals surface area contributed by atoms with E-state index >= 15 is 0 Å². The van der Waals surface area contributed by atoms with E-state index in [2.05, 4.69) is 93.7 Å². The number of esters is 3. The van der Waals surface area contributed by atoms with Gasteiger partial charge in [0.2, 0.25) is 0 Å². The molecule has 0 saturated heterocycles. The van der Waals surface area contributed by atoms with Gasteiger partial charge in [0.15, 0.2) is 6.10 Å². The second-order valence-electron chi connectivity index (χ2n) is 21.0. The van der Waals surface area contributed by atoms with Crippen molar-refractivity contribution in [3.63, 3.8) is 0 Å². The number of unbranched alkanes of at least 4 members (excludes halogenated alkanes) is 37. The summed E-state index contributed by atoms with van der Waals surface area (Å²) in [6.45, 7) is 6.61. The molecule has 1 unspecified atom stereocenters. The maximum absolute atomic E-state index is 12.9. The van der Waals surface area contributed by atoms with Gasteiger partial charge in [-0.05, 0) is 96.3 Å². The number of carbonyl (C=O) groups excluding carboxylic acids is 3. The van der Waals surface area contributed by atoms with Crippen molar-refractivity contribution in [2.24, 2.45) is 0 Å². The number of rotatable bonds is 57. The Kier molecular flexibility index (Phi) is 58.7. The molecule has 0 rings (SSSR count). The van der Waals surface area contributed by atoms with Gasteiger partial charge in [-0.1, -0.05) is 273 Å². The van der Waals surface area contributed by atoms with Gasteiger partial charge in [0.05, 0.1) is 0 Å². The minimum atomic E-state index is -0.794. The van der Waals surface area contributed by atoms with Crippen LogP contribution in [-0.4, -0.2) is 37.2 Å². The van der Waals surface area contributed by atoms with Gasteiger partial charge in [-0.3, -0.25) is 14.4 Å². The van der Waals surface area contributed by atoms with Crippen molar-refractivity contribution in [2.75, 3.05) is 13.2 Å². The maximum Gasteiger partial charge on any atom is 0.306 e. The summed E-state index contributed by atoms with van der Waals surface area (Å²) >= 11 is 0. The number of hydrogen-bond acceptors (Lipinski definition) is 6. The number of hydrogen-bond donors (Lipinski definition) is 0. The average Bonchev–Trinajstić information content (AvgIpc) is 3.39. The first-order valence-electron chi connectivity index (χ1n) is 31.5. The van der Waals surface area contributed by atoms with E-state index in [0.29, 0.717) is 19.3 Å². The molecule has 0 spiro atoms. The van der Waals surface area contributed by atoms with E-state index in [1.165, 1.54) is 186 Å². The quantitative estimate of drug-likeness (QED) is 0.0199. The molecule has 0 aliphatic heterocycles. The Balaban J connectivity index is 4.43. The molecule has 422 valence electrons. The Morgan fingerprint density at radius 2 is 0.507 bits per heavy atom. The minimum absolute atomic E-state index is 0.0891. The predicted molar refractivity (Wildman–Crippen MR) is 316 cm³/mol. The number of allylic oxidation sites excluding steroid dienone is 12. The predicted octanol–water partition coefficient (Wildman–Crippen LogP) is 21.3. The fourth-order valence-electron chi connectivity index (χ4n) is 8.97. The highest BCUT2D eigenvalue weighted by Crippen LogP contribution is 2.16. The first-order chi connectivity index (χ1) is 36.0. The van der Waals surface area contributed by atoms with Crippen LogP contribution in [-0.2, 0) is 28.6 Å². The highest BCUT2D eigenvalue weighted by molar-refractivity contribution is 5.71. The Bertz CT molecular complexity index is 1360. The van der Waals surface area contributed by atoms with Crippen molar-refractivity contribution < 1.29 is 28.6 Å². The molecule has 6 nitrogen and oxygen atoms in total. The molecule has 0 fully saturated rings. The number of ether oxygens (including phenoxy) is 3. The largest absolute Gasteiger partial charge is 0.462 e. The van der Waals surface area contributed by atoms with Crippen LogP contribution < -0.4 is 0 Å². The van der Waals surface area contributed by atoms with Crippen molar-refractivity contribution >= 4 is 17.9 Å². The summed E-state index contributed by atoms with van der Waals surface area (Å²) in [7, 11) is 0. The number of carbonyl (C=O) groups is 3. The van der Waals surface area contributed by atoms with Crippen LogP contribution in [0, 0.1) is 0 Å². The fourth-order valence-corrected chi connectivity index (χ4v) is 8.97. The van der Waals surface area contributed by atoms with E-state index in [-0.39, 0.29) is 31.1 Å². The smallest absolute Gasteiger partial charge is 0.306 e. The molecule has 0 aliphatic carbocycles. The van der Waals surface area contributed by atoms with Crippen molar-refractivity contribution in [1.82, 2.24) is 0 Å². The van der Waals surface area contributed by atoms with Crippen LogP contribution in [0.25, 0.3) is 0 Å². The van der Waals surface area contributed by atoms with Crippen LogP contribution in [0.5, 0.6) is 0 Å². The molecular weight excluding hydrogens is 901 g/mol. The molecule has 6 heteroatoms. The van der Waals surface area contributed by atoms with E-state index in [4.69, 9.17) is 14.2 Å². The molecule has 0 saturated carbocycles. The third-order valence-corrected chi connectivity index (χ3v) is 13.7. The lowest BCUT2D eigenvalue weighted by Gasteiger charge is -2.18. The molecule has 0 aromatic heterocycles. The fraction of sp³-hybridized carbons (Fsp3) is 0.776. The standard InChI is InChI=1S/C67H118O6/c1-4-7-10-13-16-19-22-25-28-31-34-37-39-42-45-48-51-54-57-60-66(69)72-63-64(73-67(70)61-58-55-52-49-46-43-40-36-33-30-27-24-21-18-15-12-9-6-3)62-71-65(68)59-56-53-50-47-44-41-38-35-32-29-26-23-20-17-14-11-8-5-2/h18,21,24,27,30-31,33-36,38,40,64H,4-17,19-20,22-23,25-26,28-29,32,37,39,41-63H2,1-3H3/b21-18-,27-24-,33-30-,34-31-,38-35-,40-36-. The summed E-state index contributed by atoms with van der Waals surface area (Å²) in [4.78, 5) is 38.3. The molecule has 0 aromatic carbocycles. The SMILES string of the molecule is CCCCC\C=C/C=C\C=C/C=C\CCCCCCCC(=O)OC(COC(=O)CCCCCCC/C=C\CCCCCCCCCCC)COC(=O)CCCCCCCCC/C=C\CCCCCCCCCC. The highest BCUT2D eigenvalue weighted by Gasteiger charge is 2.19. The van der Waals surface area contributed by atoms with E-state index in [0.717, 1.165) is 89.9 Å². The van der Waals surface area contributed by atoms with Gasteiger partial charge in [0.25, 0.3) is 0 Å². The molecule has 0 radical (unpaired) electrons. The lowest BCUT2D eigenvalue weighted by molar-refractivity contribution is -0.167. The molecule has 0 amide bonds. The van der Waals surface area contributed by atoms with Crippen molar-refractivity contribution in [3.05, 3.63) is 72.9 Å². The summed E-state index contributed by atoms with van der Waals surface area (Å²) in [5, 5.41) is 0. The third kappa shape index (κ3) is 59.6. The van der Waals surface area contributed by atoms with Gasteiger partial charge in [-0.15, -0.1) is 0 Å². The normalized spacial score (nSPS) is 12.5. The van der Waals surface area contributed by atoms with Gasteiger partial charge < -0.3 is 14.2 Å². The molecule has 1 atom stereocenters. The van der Waals surface area contributed by atoms with Crippen LogP contribution in [0.2, 0.25) is 0 Å². The lowest BCUT2D eigenvalue weighted by atomic mass is 10.1. The van der Waals surface area contributed by atoms with Gasteiger partial charge in [-0.2, -0.15) is 0 Å².